The maximum absolute atomic E-state index is 11.9. The van der Waals surface area contributed by atoms with Gasteiger partial charge in [-0.15, -0.1) is 0 Å². The molecule has 0 unspecified atom stereocenters. The minimum Gasteiger partial charge on any atom is -0.508 e. The van der Waals surface area contributed by atoms with E-state index in [9.17, 15) is 14.7 Å². The van der Waals surface area contributed by atoms with Gasteiger partial charge >= 0.3 is 11.8 Å². The van der Waals surface area contributed by atoms with Gasteiger partial charge in [0.15, 0.2) is 11.5 Å². The second kappa shape index (κ2) is 6.91. The lowest BCUT2D eigenvalue weighted by molar-refractivity contribution is -0.136. The van der Waals surface area contributed by atoms with E-state index in [0.29, 0.717) is 36.0 Å². The Morgan fingerprint density at radius 3 is 2.54 bits per heavy atom. The van der Waals surface area contributed by atoms with E-state index < -0.39 is 11.8 Å². The first-order valence-corrected chi connectivity index (χ1v) is 7.39. The molecule has 2 aromatic rings. The Balaban J connectivity index is 1.58. The molecule has 0 bridgehead atoms. The third-order valence-corrected chi connectivity index (χ3v) is 3.44. The number of ether oxygens (including phenoxy) is 2. The highest BCUT2D eigenvalue weighted by Gasteiger charge is 2.16. The van der Waals surface area contributed by atoms with Crippen molar-refractivity contribution < 1.29 is 24.2 Å². The lowest BCUT2D eigenvalue weighted by Crippen LogP contribution is -2.35. The van der Waals surface area contributed by atoms with Crippen LogP contribution in [-0.2, 0) is 16.1 Å². The largest absolute Gasteiger partial charge is 0.508 e. The van der Waals surface area contributed by atoms with Gasteiger partial charge < -0.3 is 25.2 Å². The van der Waals surface area contributed by atoms with Gasteiger partial charge in [-0.3, -0.25) is 9.59 Å². The van der Waals surface area contributed by atoms with Crippen LogP contribution in [-0.4, -0.2) is 30.1 Å². The number of phenolic OH excluding ortho intramolecular Hbond substituents is 1. The van der Waals surface area contributed by atoms with Crippen molar-refractivity contribution in [2.45, 2.75) is 6.54 Å². The zero-order valence-corrected chi connectivity index (χ0v) is 12.7. The Morgan fingerprint density at radius 1 is 1.00 bits per heavy atom. The molecule has 2 aromatic carbocycles. The summed E-state index contributed by atoms with van der Waals surface area (Å²) in [5.41, 5.74) is 0.958. The molecular formula is C17H16N2O5. The van der Waals surface area contributed by atoms with E-state index in [1.54, 1.807) is 36.4 Å². The Bertz CT molecular complexity index is 775. The molecule has 1 heterocycles. The first-order chi connectivity index (χ1) is 11.6. The monoisotopic (exact) mass is 328 g/mol. The zero-order chi connectivity index (χ0) is 16.9. The molecule has 3 rings (SSSR count). The maximum Gasteiger partial charge on any atom is 0.313 e. The van der Waals surface area contributed by atoms with Gasteiger partial charge in [0.1, 0.15) is 19.0 Å². The van der Waals surface area contributed by atoms with Crippen LogP contribution in [0.3, 0.4) is 0 Å². The summed E-state index contributed by atoms with van der Waals surface area (Å²) in [6.45, 7) is 0.971. The van der Waals surface area contributed by atoms with E-state index in [-0.39, 0.29) is 12.3 Å². The van der Waals surface area contributed by atoms with E-state index in [1.807, 2.05) is 0 Å². The van der Waals surface area contributed by atoms with Gasteiger partial charge in [-0.1, -0.05) is 18.2 Å². The molecule has 1 aliphatic rings. The molecule has 24 heavy (non-hydrogen) atoms. The number of benzene rings is 2. The number of anilines is 1. The number of amides is 2. The van der Waals surface area contributed by atoms with Crippen LogP contribution >= 0.6 is 0 Å². The molecule has 0 atom stereocenters. The second-order valence-corrected chi connectivity index (χ2v) is 5.12. The van der Waals surface area contributed by atoms with Gasteiger partial charge in [-0.05, 0) is 18.2 Å². The average Bonchev–Trinajstić information content (AvgIpc) is 2.60. The number of fused-ring (bicyclic) bond motifs is 1. The fraction of sp³-hybridized carbons (Fsp3) is 0.176. The predicted octanol–water partition coefficient (Wildman–Crippen LogP) is 1.42. The smallest absolute Gasteiger partial charge is 0.313 e. The number of hydrogen-bond donors (Lipinski definition) is 3. The summed E-state index contributed by atoms with van der Waals surface area (Å²) in [6.07, 6.45) is 0. The SMILES string of the molecule is O=C(NCc1ccccc1O)C(=O)Nc1ccc2c(c1)OCCO2. The molecule has 0 fully saturated rings. The van der Waals surface area contributed by atoms with Crippen LogP contribution in [0.1, 0.15) is 5.56 Å². The maximum atomic E-state index is 11.9. The quantitative estimate of drug-likeness (QED) is 0.741. The number of carbonyl (C=O) groups is 2. The molecule has 1 aliphatic heterocycles. The topological polar surface area (TPSA) is 96.9 Å². The number of nitrogens with one attached hydrogen (secondary N) is 2. The normalized spacial score (nSPS) is 12.3. The first-order valence-electron chi connectivity index (χ1n) is 7.39. The van der Waals surface area contributed by atoms with E-state index in [1.165, 1.54) is 6.07 Å². The molecule has 124 valence electrons. The highest BCUT2D eigenvalue weighted by molar-refractivity contribution is 6.39. The molecule has 0 spiro atoms. The van der Waals surface area contributed by atoms with E-state index in [4.69, 9.17) is 9.47 Å². The molecule has 0 radical (unpaired) electrons. The Kier molecular flexibility index (Phi) is 4.51. The Hall–Kier alpha value is -3.22. The first kappa shape index (κ1) is 15.7. The zero-order valence-electron chi connectivity index (χ0n) is 12.7. The molecule has 7 nitrogen and oxygen atoms in total. The predicted molar refractivity (Wildman–Crippen MR) is 86.0 cm³/mol. The summed E-state index contributed by atoms with van der Waals surface area (Å²) in [5, 5.41) is 14.6. The number of rotatable bonds is 3. The van der Waals surface area contributed by atoms with Crippen LogP contribution in [0.2, 0.25) is 0 Å². The summed E-state index contributed by atoms with van der Waals surface area (Å²) < 4.78 is 10.8. The van der Waals surface area contributed by atoms with Gasteiger partial charge in [0.25, 0.3) is 0 Å². The van der Waals surface area contributed by atoms with Gasteiger partial charge in [0.05, 0.1) is 0 Å². The van der Waals surface area contributed by atoms with Gasteiger partial charge in [0.2, 0.25) is 0 Å². The Labute approximate surface area is 138 Å². The molecule has 7 heteroatoms. The number of hydrogen-bond acceptors (Lipinski definition) is 5. The fourth-order valence-electron chi connectivity index (χ4n) is 2.23. The highest BCUT2D eigenvalue weighted by Crippen LogP contribution is 2.32. The van der Waals surface area contributed by atoms with Crippen molar-refractivity contribution in [3.63, 3.8) is 0 Å². The minimum absolute atomic E-state index is 0.0556. The van der Waals surface area contributed by atoms with Crippen molar-refractivity contribution in [1.82, 2.24) is 5.32 Å². The van der Waals surface area contributed by atoms with Crippen molar-refractivity contribution in [2.24, 2.45) is 0 Å². The highest BCUT2D eigenvalue weighted by atomic mass is 16.6. The molecule has 2 amide bonds. The van der Waals surface area contributed by atoms with Crippen molar-refractivity contribution in [1.29, 1.82) is 0 Å². The van der Waals surface area contributed by atoms with E-state index in [0.717, 1.165) is 0 Å². The molecule has 3 N–H and O–H groups in total. The summed E-state index contributed by atoms with van der Waals surface area (Å²) in [7, 11) is 0. The molecule has 0 saturated heterocycles. The van der Waals surface area contributed by atoms with Gasteiger partial charge in [0, 0.05) is 23.9 Å². The number of phenols is 1. The number of carbonyl (C=O) groups excluding carboxylic acids is 2. The van der Waals surface area contributed by atoms with E-state index >= 15 is 0 Å². The van der Waals surface area contributed by atoms with Crippen molar-refractivity contribution in [3.05, 3.63) is 48.0 Å². The van der Waals surface area contributed by atoms with Gasteiger partial charge in [-0.2, -0.15) is 0 Å². The van der Waals surface area contributed by atoms with Crippen LogP contribution in [0.25, 0.3) is 0 Å². The lowest BCUT2D eigenvalue weighted by atomic mass is 10.2. The van der Waals surface area contributed by atoms with Crippen molar-refractivity contribution in [2.75, 3.05) is 18.5 Å². The van der Waals surface area contributed by atoms with Gasteiger partial charge in [-0.25, -0.2) is 0 Å². The third-order valence-electron chi connectivity index (χ3n) is 3.44. The summed E-state index contributed by atoms with van der Waals surface area (Å²) in [4.78, 5) is 23.8. The van der Waals surface area contributed by atoms with Crippen LogP contribution in [0.4, 0.5) is 5.69 Å². The van der Waals surface area contributed by atoms with E-state index in [2.05, 4.69) is 10.6 Å². The Morgan fingerprint density at radius 2 is 1.75 bits per heavy atom. The van der Waals surface area contributed by atoms with Crippen molar-refractivity contribution >= 4 is 17.5 Å². The molecule has 0 aromatic heterocycles. The average molecular weight is 328 g/mol. The standard InChI is InChI=1S/C17H16N2O5/c20-13-4-2-1-3-11(13)10-18-16(21)17(22)19-12-5-6-14-15(9-12)24-8-7-23-14/h1-6,9,20H,7-8,10H2,(H,18,21)(H,19,22). The second-order valence-electron chi connectivity index (χ2n) is 5.12. The third kappa shape index (κ3) is 3.57. The molecule has 0 aliphatic carbocycles. The van der Waals surface area contributed by atoms with Crippen molar-refractivity contribution in [3.8, 4) is 17.2 Å². The summed E-state index contributed by atoms with van der Waals surface area (Å²) in [6, 6.07) is 11.5. The summed E-state index contributed by atoms with van der Waals surface area (Å²) in [5.74, 6) is -0.419. The van der Waals surface area contributed by atoms with Crippen LogP contribution in [0.5, 0.6) is 17.2 Å². The van der Waals surface area contributed by atoms with Crippen LogP contribution in [0.15, 0.2) is 42.5 Å². The lowest BCUT2D eigenvalue weighted by Gasteiger charge is -2.18. The fourth-order valence-corrected chi connectivity index (χ4v) is 2.23. The molecule has 0 saturated carbocycles. The van der Waals surface area contributed by atoms with Crippen LogP contribution < -0.4 is 20.1 Å². The molecular weight excluding hydrogens is 312 g/mol. The number of para-hydroxylation sites is 1. The summed E-state index contributed by atoms with van der Waals surface area (Å²) >= 11 is 0. The minimum atomic E-state index is -0.804. The van der Waals surface area contributed by atoms with Crippen LogP contribution in [0, 0.1) is 0 Å². The number of aromatic hydroxyl groups is 1.